The van der Waals surface area contributed by atoms with Gasteiger partial charge in [0.1, 0.15) is 12.2 Å². The monoisotopic (exact) mass is 339 g/mol. The molecule has 0 N–H and O–H groups in total. The lowest BCUT2D eigenvalue weighted by molar-refractivity contribution is -0.394. The molecule has 0 fully saturated rings. The van der Waals surface area contributed by atoms with E-state index >= 15 is 0 Å². The predicted molar refractivity (Wildman–Crippen MR) is 77.2 cm³/mol. The van der Waals surface area contributed by atoms with Crippen LogP contribution >= 0.6 is 23.2 Å². The largest absolute Gasteiger partial charge is 0.490 e. The van der Waals surface area contributed by atoms with Gasteiger partial charge >= 0.3 is 5.95 Å². The van der Waals surface area contributed by atoms with Crippen molar-refractivity contribution in [3.63, 3.8) is 0 Å². The molecule has 0 saturated heterocycles. The fourth-order valence-corrected chi connectivity index (χ4v) is 2.03. The van der Waals surface area contributed by atoms with Crippen LogP contribution in [-0.2, 0) is 6.54 Å². The fourth-order valence-electron chi connectivity index (χ4n) is 1.74. The first-order chi connectivity index (χ1) is 10.5. The first-order valence-electron chi connectivity index (χ1n) is 5.93. The zero-order valence-electron chi connectivity index (χ0n) is 10.8. The predicted octanol–water partition coefficient (Wildman–Crippen LogP) is 2.12. The number of aromatic nitrogens is 6. The van der Waals surface area contributed by atoms with Crippen LogP contribution in [0.1, 0.15) is 5.69 Å². The Balaban J connectivity index is 1.80. The van der Waals surface area contributed by atoms with E-state index in [9.17, 15) is 10.1 Å². The standard InChI is InChI=1S/C11H7Cl2N7O2/c12-9-2-1-8(3-10(9)13)19-5-7(15-17-19)4-18-6-14-11(16-18)20(21)22/h1-3,5-6H,4H2. The van der Waals surface area contributed by atoms with E-state index in [1.165, 1.54) is 15.7 Å². The molecule has 0 unspecified atom stereocenters. The highest BCUT2D eigenvalue weighted by atomic mass is 35.5. The van der Waals surface area contributed by atoms with Gasteiger partial charge < -0.3 is 10.1 Å². The van der Waals surface area contributed by atoms with Crippen LogP contribution in [0.3, 0.4) is 0 Å². The Labute approximate surface area is 133 Å². The Bertz CT molecular complexity index is 845. The molecule has 112 valence electrons. The Hall–Kier alpha value is -2.52. The summed E-state index contributed by atoms with van der Waals surface area (Å²) >= 11 is 11.8. The van der Waals surface area contributed by atoms with E-state index in [1.54, 1.807) is 24.4 Å². The third kappa shape index (κ3) is 2.90. The minimum atomic E-state index is -0.664. The topological polar surface area (TPSA) is 105 Å². The molecule has 0 radical (unpaired) electrons. The van der Waals surface area contributed by atoms with Crippen molar-refractivity contribution in [2.45, 2.75) is 6.54 Å². The van der Waals surface area contributed by atoms with Gasteiger partial charge in [0.25, 0.3) is 0 Å². The first kappa shape index (κ1) is 14.4. The van der Waals surface area contributed by atoms with Gasteiger partial charge in [-0.3, -0.25) is 0 Å². The molecule has 2 heterocycles. The van der Waals surface area contributed by atoms with E-state index in [0.29, 0.717) is 21.4 Å². The molecule has 1 aromatic carbocycles. The van der Waals surface area contributed by atoms with Crippen LogP contribution in [-0.4, -0.2) is 34.7 Å². The quantitative estimate of drug-likeness (QED) is 0.532. The van der Waals surface area contributed by atoms with E-state index in [1.807, 2.05) is 0 Å². The lowest BCUT2D eigenvalue weighted by Gasteiger charge is -2.01. The average Bonchev–Trinajstić information content (AvgIpc) is 3.12. The molecule has 0 aliphatic heterocycles. The molecule has 11 heteroatoms. The number of nitrogens with zero attached hydrogens (tertiary/aromatic N) is 7. The number of hydrogen-bond donors (Lipinski definition) is 0. The molecule has 22 heavy (non-hydrogen) atoms. The lowest BCUT2D eigenvalue weighted by Crippen LogP contribution is -2.01. The maximum atomic E-state index is 10.5. The van der Waals surface area contributed by atoms with Gasteiger partial charge in [-0.2, -0.15) is 4.68 Å². The Kier molecular flexibility index (Phi) is 3.73. The minimum absolute atomic E-state index is 0.210. The highest BCUT2D eigenvalue weighted by molar-refractivity contribution is 6.42. The van der Waals surface area contributed by atoms with Crippen molar-refractivity contribution in [2.75, 3.05) is 0 Å². The zero-order valence-corrected chi connectivity index (χ0v) is 12.3. The molecular weight excluding hydrogens is 333 g/mol. The van der Waals surface area contributed by atoms with E-state index in [4.69, 9.17) is 23.2 Å². The molecule has 0 aliphatic rings. The van der Waals surface area contributed by atoms with Crippen LogP contribution < -0.4 is 0 Å². The van der Waals surface area contributed by atoms with Crippen LogP contribution in [0, 0.1) is 10.1 Å². The number of benzene rings is 1. The second-order valence-corrected chi connectivity index (χ2v) is 5.07. The second-order valence-electron chi connectivity index (χ2n) is 4.25. The van der Waals surface area contributed by atoms with Gasteiger partial charge in [0.15, 0.2) is 0 Å². The van der Waals surface area contributed by atoms with Crippen LogP contribution in [0.4, 0.5) is 5.95 Å². The molecule has 3 aromatic rings. The van der Waals surface area contributed by atoms with Gasteiger partial charge in [0.2, 0.25) is 6.33 Å². The van der Waals surface area contributed by atoms with Crippen LogP contribution in [0.2, 0.25) is 10.0 Å². The summed E-state index contributed by atoms with van der Waals surface area (Å²) in [6, 6.07) is 5.05. The minimum Gasteiger partial charge on any atom is -0.390 e. The summed E-state index contributed by atoms with van der Waals surface area (Å²) in [5.74, 6) is -0.461. The van der Waals surface area contributed by atoms with E-state index in [0.717, 1.165) is 0 Å². The summed E-state index contributed by atoms with van der Waals surface area (Å²) < 4.78 is 2.82. The van der Waals surface area contributed by atoms with Crippen molar-refractivity contribution in [2.24, 2.45) is 0 Å². The third-order valence-electron chi connectivity index (χ3n) is 2.72. The van der Waals surface area contributed by atoms with Gasteiger partial charge in [-0.25, -0.2) is 4.68 Å². The van der Waals surface area contributed by atoms with Gasteiger partial charge in [0, 0.05) is 5.10 Å². The van der Waals surface area contributed by atoms with Crippen LogP contribution in [0.25, 0.3) is 5.69 Å². The molecule has 3 rings (SSSR count). The number of halogens is 2. The Morgan fingerprint density at radius 1 is 1.27 bits per heavy atom. The van der Waals surface area contributed by atoms with Crippen molar-refractivity contribution in [3.05, 3.63) is 56.6 Å². The molecule has 0 saturated carbocycles. The molecule has 2 aromatic heterocycles. The second kappa shape index (κ2) is 5.70. The van der Waals surface area contributed by atoms with Crippen molar-refractivity contribution in [3.8, 4) is 5.69 Å². The normalized spacial score (nSPS) is 10.8. The maximum absolute atomic E-state index is 10.5. The summed E-state index contributed by atoms with van der Waals surface area (Å²) in [7, 11) is 0. The molecule has 0 amide bonds. The fraction of sp³-hybridized carbons (Fsp3) is 0.0909. The van der Waals surface area contributed by atoms with Gasteiger partial charge in [-0.15, -0.1) is 5.10 Å². The smallest absolute Gasteiger partial charge is 0.390 e. The maximum Gasteiger partial charge on any atom is 0.490 e. The van der Waals surface area contributed by atoms with Crippen molar-refractivity contribution >= 4 is 29.2 Å². The Morgan fingerprint density at radius 2 is 2.09 bits per heavy atom. The zero-order chi connectivity index (χ0) is 15.7. The summed E-state index contributed by atoms with van der Waals surface area (Å²) in [6.07, 6.45) is 2.92. The number of nitro groups is 1. The van der Waals surface area contributed by atoms with E-state index in [-0.39, 0.29) is 6.54 Å². The SMILES string of the molecule is O=[N+]([O-])c1ncn(Cc2cn(-c3ccc(Cl)c(Cl)c3)nn2)n1. The van der Waals surface area contributed by atoms with Crippen molar-refractivity contribution in [1.82, 2.24) is 29.8 Å². The van der Waals surface area contributed by atoms with Crippen LogP contribution in [0.5, 0.6) is 0 Å². The highest BCUT2D eigenvalue weighted by Crippen LogP contribution is 2.24. The summed E-state index contributed by atoms with van der Waals surface area (Å²) in [6.45, 7) is 0.210. The Morgan fingerprint density at radius 3 is 2.77 bits per heavy atom. The summed E-state index contributed by atoms with van der Waals surface area (Å²) in [4.78, 5) is 13.4. The number of hydrogen-bond acceptors (Lipinski definition) is 6. The van der Waals surface area contributed by atoms with E-state index < -0.39 is 10.9 Å². The van der Waals surface area contributed by atoms with Gasteiger partial charge in [0.05, 0.1) is 21.9 Å². The van der Waals surface area contributed by atoms with E-state index in [2.05, 4.69) is 20.4 Å². The number of rotatable bonds is 4. The lowest BCUT2D eigenvalue weighted by atomic mass is 10.3. The highest BCUT2D eigenvalue weighted by Gasteiger charge is 2.14. The van der Waals surface area contributed by atoms with Gasteiger partial charge in [-0.05, 0) is 23.1 Å². The molecule has 0 bridgehead atoms. The summed E-state index contributed by atoms with van der Waals surface area (Å²) in [5, 5.41) is 23.0. The molecule has 0 spiro atoms. The van der Waals surface area contributed by atoms with Crippen LogP contribution in [0.15, 0.2) is 30.7 Å². The molecule has 9 nitrogen and oxygen atoms in total. The average molecular weight is 340 g/mol. The molecule has 0 aliphatic carbocycles. The first-order valence-corrected chi connectivity index (χ1v) is 6.69. The van der Waals surface area contributed by atoms with Crippen molar-refractivity contribution in [1.29, 1.82) is 0 Å². The third-order valence-corrected chi connectivity index (χ3v) is 3.46. The van der Waals surface area contributed by atoms with Gasteiger partial charge in [-0.1, -0.05) is 33.4 Å². The summed E-state index contributed by atoms with van der Waals surface area (Å²) in [5.41, 5.74) is 1.25. The molecule has 0 atom stereocenters. The van der Waals surface area contributed by atoms with Crippen molar-refractivity contribution < 1.29 is 4.92 Å². The molecular formula is C11H7Cl2N7O2.